The number of fused-ring (bicyclic) bond motifs is 3. The van der Waals surface area contributed by atoms with Crippen molar-refractivity contribution in [3.8, 4) is 0 Å². The average molecular weight is 498 g/mol. The molecule has 1 N–H and O–H groups in total. The lowest BCUT2D eigenvalue weighted by atomic mass is 9.82. The smallest absolute Gasteiger partial charge is 0.368 e. The van der Waals surface area contributed by atoms with Gasteiger partial charge in [0.05, 0.1) is 17.5 Å². The molecule has 5 rings (SSSR count). The lowest BCUT2D eigenvalue weighted by Crippen LogP contribution is -2.61. The van der Waals surface area contributed by atoms with Crippen LogP contribution >= 0.6 is 0 Å². The molecule has 188 valence electrons. The zero-order valence-electron chi connectivity index (χ0n) is 19.9. The van der Waals surface area contributed by atoms with Gasteiger partial charge in [-0.3, -0.25) is 4.79 Å². The van der Waals surface area contributed by atoms with Crippen molar-refractivity contribution in [1.29, 1.82) is 0 Å². The fourth-order valence-corrected chi connectivity index (χ4v) is 5.24. The van der Waals surface area contributed by atoms with Crippen LogP contribution in [0, 0.1) is 18.7 Å². The Morgan fingerprint density at radius 3 is 2.50 bits per heavy atom. The molecule has 8 heteroatoms. The molecular formula is C28H27F4N3O. The van der Waals surface area contributed by atoms with Gasteiger partial charge in [-0.2, -0.15) is 13.2 Å². The Morgan fingerprint density at radius 2 is 1.78 bits per heavy atom. The second kappa shape index (κ2) is 9.48. The molecule has 0 saturated carbocycles. The summed E-state index contributed by atoms with van der Waals surface area (Å²) in [4.78, 5) is 17.7. The summed E-state index contributed by atoms with van der Waals surface area (Å²) in [6.45, 7) is 3.86. The number of anilines is 2. The van der Waals surface area contributed by atoms with E-state index in [-0.39, 0.29) is 24.9 Å². The zero-order valence-corrected chi connectivity index (χ0v) is 19.9. The highest BCUT2D eigenvalue weighted by Crippen LogP contribution is 2.40. The number of carbonyl (C=O) groups is 1. The van der Waals surface area contributed by atoms with Crippen LogP contribution in [0.25, 0.3) is 0 Å². The third-order valence-corrected chi connectivity index (χ3v) is 7.19. The summed E-state index contributed by atoms with van der Waals surface area (Å²) < 4.78 is 54.4. The van der Waals surface area contributed by atoms with Crippen molar-refractivity contribution in [3.05, 3.63) is 94.8 Å². The minimum atomic E-state index is -4.46. The van der Waals surface area contributed by atoms with E-state index < -0.39 is 23.5 Å². The molecule has 2 unspecified atom stereocenters. The topological polar surface area (TPSA) is 35.6 Å². The average Bonchev–Trinajstić information content (AvgIpc) is 2.86. The van der Waals surface area contributed by atoms with Gasteiger partial charge in [-0.25, -0.2) is 4.39 Å². The summed E-state index contributed by atoms with van der Waals surface area (Å²) >= 11 is 0. The number of nitrogens with zero attached hydrogens (tertiary/aromatic N) is 2. The van der Waals surface area contributed by atoms with Crippen molar-refractivity contribution in [2.75, 3.05) is 29.4 Å². The third kappa shape index (κ3) is 4.76. The Labute approximate surface area is 207 Å². The Morgan fingerprint density at radius 1 is 1.03 bits per heavy atom. The first-order valence-electron chi connectivity index (χ1n) is 12.0. The number of carbonyl (C=O) groups excluding carboxylic acids is 1. The Balaban J connectivity index is 1.44. The highest BCUT2D eigenvalue weighted by molar-refractivity contribution is 5.82. The van der Waals surface area contributed by atoms with E-state index in [0.29, 0.717) is 30.8 Å². The molecule has 4 nitrogen and oxygen atoms in total. The first-order valence-corrected chi connectivity index (χ1v) is 12.0. The maximum absolute atomic E-state index is 14.1. The van der Waals surface area contributed by atoms with E-state index in [9.17, 15) is 22.4 Å². The predicted molar refractivity (Wildman–Crippen MR) is 131 cm³/mol. The van der Waals surface area contributed by atoms with Crippen LogP contribution in [-0.2, 0) is 23.9 Å². The molecule has 3 aromatic rings. The summed E-state index contributed by atoms with van der Waals surface area (Å²) in [5.41, 5.74) is 3.09. The number of hydrogen-bond donors (Lipinski definition) is 1. The largest absolute Gasteiger partial charge is 0.416 e. The van der Waals surface area contributed by atoms with Gasteiger partial charge in [0.15, 0.2) is 0 Å². The first-order chi connectivity index (χ1) is 17.2. The van der Waals surface area contributed by atoms with E-state index >= 15 is 0 Å². The van der Waals surface area contributed by atoms with Crippen LogP contribution in [0.5, 0.6) is 0 Å². The van der Waals surface area contributed by atoms with E-state index in [1.807, 2.05) is 31.2 Å². The number of nitrogens with one attached hydrogen (secondary N) is 1. The highest BCUT2D eigenvalue weighted by atomic mass is 19.4. The van der Waals surface area contributed by atoms with Gasteiger partial charge >= 0.3 is 6.18 Å². The van der Waals surface area contributed by atoms with E-state index in [4.69, 9.17) is 0 Å². The summed E-state index contributed by atoms with van der Waals surface area (Å²) in [6.07, 6.45) is -4.27. The van der Waals surface area contributed by atoms with Crippen LogP contribution in [0.1, 0.15) is 22.3 Å². The molecule has 36 heavy (non-hydrogen) atoms. The van der Waals surface area contributed by atoms with E-state index in [0.717, 1.165) is 29.1 Å². The number of rotatable bonds is 4. The first kappa shape index (κ1) is 24.2. The molecule has 3 aromatic carbocycles. The normalized spacial score (nSPS) is 19.5. The monoisotopic (exact) mass is 497 g/mol. The fraction of sp³-hybridized carbons (Fsp3) is 0.321. The van der Waals surface area contributed by atoms with Gasteiger partial charge in [0, 0.05) is 43.1 Å². The standard InChI is InChI=1S/C28H27F4N3O/c1-18-6-9-22(10-7-18)34-12-13-35-25-11-8-21(28(30,31)32)14-20(25)15-23(26(35)17-34)27(36)33-16-19-4-2-3-5-24(19)29/h2-11,14,23,26H,12-13,15-17H2,1H3,(H,33,36). The predicted octanol–water partition coefficient (Wildman–Crippen LogP) is 5.34. The molecule has 0 radical (unpaired) electrons. The third-order valence-electron chi connectivity index (χ3n) is 7.19. The second-order valence-corrected chi connectivity index (χ2v) is 9.50. The van der Waals surface area contributed by atoms with Crippen LogP contribution in [0.15, 0.2) is 66.7 Å². The van der Waals surface area contributed by atoms with Crippen molar-refractivity contribution in [2.24, 2.45) is 5.92 Å². The number of halogens is 4. The van der Waals surface area contributed by atoms with Gasteiger partial charge in [0.1, 0.15) is 5.82 Å². The minimum absolute atomic E-state index is 0.0197. The molecule has 1 saturated heterocycles. The molecule has 0 aromatic heterocycles. The zero-order chi connectivity index (χ0) is 25.4. The van der Waals surface area contributed by atoms with Crippen LogP contribution in [0.3, 0.4) is 0 Å². The molecule has 2 aliphatic rings. The van der Waals surface area contributed by atoms with Crippen molar-refractivity contribution in [2.45, 2.75) is 32.1 Å². The molecule has 2 heterocycles. The number of hydrogen-bond acceptors (Lipinski definition) is 3. The number of aryl methyl sites for hydroxylation is 1. The number of amides is 1. The van der Waals surface area contributed by atoms with Crippen molar-refractivity contribution < 1.29 is 22.4 Å². The van der Waals surface area contributed by atoms with Gasteiger partial charge in [-0.1, -0.05) is 35.9 Å². The molecule has 0 aliphatic carbocycles. The lowest BCUT2D eigenvalue weighted by molar-refractivity contribution is -0.137. The fourth-order valence-electron chi connectivity index (χ4n) is 5.24. The van der Waals surface area contributed by atoms with Gasteiger partial charge in [-0.15, -0.1) is 0 Å². The lowest BCUT2D eigenvalue weighted by Gasteiger charge is -2.49. The quantitative estimate of drug-likeness (QED) is 0.495. The minimum Gasteiger partial charge on any atom is -0.368 e. The molecule has 0 bridgehead atoms. The summed E-state index contributed by atoms with van der Waals surface area (Å²) in [5.74, 6) is -1.28. The highest BCUT2D eigenvalue weighted by Gasteiger charge is 2.42. The summed E-state index contributed by atoms with van der Waals surface area (Å²) in [7, 11) is 0. The van der Waals surface area contributed by atoms with Crippen molar-refractivity contribution in [1.82, 2.24) is 5.32 Å². The number of benzene rings is 3. The maximum Gasteiger partial charge on any atom is 0.416 e. The van der Waals surface area contributed by atoms with Gasteiger partial charge in [0.2, 0.25) is 5.91 Å². The number of alkyl halides is 3. The SMILES string of the molecule is Cc1ccc(N2CCN3c4ccc(C(F)(F)F)cc4CC(C(=O)NCc4ccccc4F)C3C2)cc1. The van der Waals surface area contributed by atoms with Gasteiger partial charge in [0.25, 0.3) is 0 Å². The second-order valence-electron chi connectivity index (χ2n) is 9.50. The maximum atomic E-state index is 14.1. The van der Waals surface area contributed by atoms with Crippen LogP contribution in [-0.4, -0.2) is 31.6 Å². The van der Waals surface area contributed by atoms with Crippen molar-refractivity contribution >= 4 is 17.3 Å². The van der Waals surface area contributed by atoms with Crippen LogP contribution in [0.4, 0.5) is 28.9 Å². The van der Waals surface area contributed by atoms with Crippen LogP contribution in [0.2, 0.25) is 0 Å². The van der Waals surface area contributed by atoms with E-state index in [1.165, 1.54) is 12.1 Å². The molecule has 1 fully saturated rings. The van der Waals surface area contributed by atoms with E-state index in [2.05, 4.69) is 15.1 Å². The Bertz CT molecular complexity index is 1260. The Hall–Kier alpha value is -3.55. The van der Waals surface area contributed by atoms with Gasteiger partial charge in [-0.05, 0) is 55.3 Å². The summed E-state index contributed by atoms with van der Waals surface area (Å²) in [5, 5.41) is 2.83. The molecular weight excluding hydrogens is 470 g/mol. The summed E-state index contributed by atoms with van der Waals surface area (Å²) in [6, 6.07) is 18.0. The van der Waals surface area contributed by atoms with E-state index in [1.54, 1.807) is 18.2 Å². The molecule has 2 aliphatic heterocycles. The van der Waals surface area contributed by atoms with Crippen LogP contribution < -0.4 is 15.1 Å². The Kier molecular flexibility index (Phi) is 6.36. The molecule has 0 spiro atoms. The molecule has 1 amide bonds. The van der Waals surface area contributed by atoms with Gasteiger partial charge < -0.3 is 15.1 Å². The van der Waals surface area contributed by atoms with Crippen molar-refractivity contribution in [3.63, 3.8) is 0 Å². The molecule has 2 atom stereocenters. The number of piperazine rings is 1.